The van der Waals surface area contributed by atoms with Gasteiger partial charge >= 0.3 is 0 Å². The molecule has 1 amide bonds. The monoisotopic (exact) mass is 262 g/mol. The normalized spacial score (nSPS) is 17.4. The van der Waals surface area contributed by atoms with Crippen LogP contribution in [-0.4, -0.2) is 48.4 Å². The van der Waals surface area contributed by atoms with Crippen LogP contribution in [0.4, 0.5) is 0 Å². The van der Waals surface area contributed by atoms with Crippen molar-refractivity contribution >= 4 is 5.91 Å². The largest absolute Gasteiger partial charge is 0.297 e. The van der Waals surface area contributed by atoms with Gasteiger partial charge < -0.3 is 0 Å². The summed E-state index contributed by atoms with van der Waals surface area (Å²) in [6, 6.07) is 8.62. The summed E-state index contributed by atoms with van der Waals surface area (Å²) in [6.45, 7) is 7.32. The predicted molar refractivity (Wildman–Crippen MR) is 75.2 cm³/mol. The molecule has 1 aliphatic heterocycles. The molecule has 1 aliphatic rings. The van der Waals surface area contributed by atoms with Crippen LogP contribution in [0.25, 0.3) is 0 Å². The van der Waals surface area contributed by atoms with Gasteiger partial charge in [0.25, 0.3) is 0 Å². The van der Waals surface area contributed by atoms with Crippen molar-refractivity contribution in [3.05, 3.63) is 35.4 Å². The minimum atomic E-state index is -0.118. The van der Waals surface area contributed by atoms with Gasteiger partial charge in [0.2, 0.25) is 5.91 Å². The van der Waals surface area contributed by atoms with Crippen LogP contribution in [0.5, 0.6) is 0 Å². The van der Waals surface area contributed by atoms with Gasteiger partial charge in [-0.1, -0.05) is 29.8 Å². The van der Waals surface area contributed by atoms with Crippen molar-refractivity contribution in [2.45, 2.75) is 13.5 Å². The van der Waals surface area contributed by atoms with Crippen LogP contribution < -0.4 is 11.3 Å². The van der Waals surface area contributed by atoms with Gasteiger partial charge in [-0.3, -0.25) is 20.0 Å². The summed E-state index contributed by atoms with van der Waals surface area (Å²) in [7, 11) is 0. The molecule has 3 N–H and O–H groups in total. The van der Waals surface area contributed by atoms with Gasteiger partial charge in [-0.05, 0) is 12.5 Å². The lowest BCUT2D eigenvalue weighted by Crippen LogP contribution is -2.49. The van der Waals surface area contributed by atoms with Crippen LogP contribution >= 0.6 is 0 Å². The Kier molecular flexibility index (Phi) is 4.90. The van der Waals surface area contributed by atoms with Crippen molar-refractivity contribution in [3.8, 4) is 0 Å². The standard InChI is InChI=1S/C14H22N4O/c1-12-3-2-4-13(9-12)10-17-5-7-18(8-6-17)11-14(19)16-15/h2-4,9H,5-8,10-11,15H2,1H3,(H,16,19). The van der Waals surface area contributed by atoms with Gasteiger partial charge in [-0.15, -0.1) is 0 Å². The molecule has 5 heteroatoms. The molecule has 1 aromatic carbocycles. The number of rotatable bonds is 4. The van der Waals surface area contributed by atoms with Crippen molar-refractivity contribution in [3.63, 3.8) is 0 Å². The lowest BCUT2D eigenvalue weighted by molar-refractivity contribution is -0.122. The molecule has 19 heavy (non-hydrogen) atoms. The molecule has 0 unspecified atom stereocenters. The van der Waals surface area contributed by atoms with Crippen molar-refractivity contribution in [2.75, 3.05) is 32.7 Å². The molecule has 0 aromatic heterocycles. The Morgan fingerprint density at radius 3 is 2.58 bits per heavy atom. The van der Waals surface area contributed by atoms with Crippen molar-refractivity contribution in [2.24, 2.45) is 5.84 Å². The third-order valence-electron chi connectivity index (χ3n) is 3.48. The molecule has 0 radical (unpaired) electrons. The van der Waals surface area contributed by atoms with Gasteiger partial charge in [0, 0.05) is 32.7 Å². The second-order valence-electron chi connectivity index (χ2n) is 5.11. The molecule has 0 saturated carbocycles. The zero-order valence-corrected chi connectivity index (χ0v) is 11.4. The third-order valence-corrected chi connectivity index (χ3v) is 3.48. The Morgan fingerprint density at radius 2 is 1.95 bits per heavy atom. The molecule has 0 atom stereocenters. The quantitative estimate of drug-likeness (QED) is 0.459. The average molecular weight is 262 g/mol. The topological polar surface area (TPSA) is 61.6 Å². The number of carbonyl (C=O) groups is 1. The number of nitrogens with two attached hydrogens (primary N) is 1. The SMILES string of the molecule is Cc1cccc(CN2CCN(CC(=O)NN)CC2)c1. The molecular formula is C14H22N4O. The summed E-state index contributed by atoms with van der Waals surface area (Å²) in [5, 5.41) is 0. The van der Waals surface area contributed by atoms with E-state index in [1.54, 1.807) is 0 Å². The van der Waals surface area contributed by atoms with Crippen LogP contribution in [0, 0.1) is 6.92 Å². The highest BCUT2D eigenvalue weighted by molar-refractivity contribution is 5.77. The molecular weight excluding hydrogens is 240 g/mol. The minimum Gasteiger partial charge on any atom is -0.297 e. The van der Waals surface area contributed by atoms with E-state index in [1.807, 2.05) is 0 Å². The molecule has 1 fully saturated rings. The molecule has 0 aliphatic carbocycles. The molecule has 104 valence electrons. The highest BCUT2D eigenvalue weighted by atomic mass is 16.2. The van der Waals surface area contributed by atoms with Crippen LogP contribution in [0.15, 0.2) is 24.3 Å². The second-order valence-corrected chi connectivity index (χ2v) is 5.11. The summed E-state index contributed by atoms with van der Waals surface area (Å²) in [6.07, 6.45) is 0. The highest BCUT2D eigenvalue weighted by Gasteiger charge is 2.18. The lowest BCUT2D eigenvalue weighted by Gasteiger charge is -2.34. The number of hydrazine groups is 1. The maximum atomic E-state index is 11.2. The predicted octanol–water partition coefficient (Wildman–Crippen LogP) is 0.103. The van der Waals surface area contributed by atoms with E-state index in [4.69, 9.17) is 5.84 Å². The summed E-state index contributed by atoms with van der Waals surface area (Å²) in [5.74, 6) is 4.98. The fourth-order valence-corrected chi connectivity index (χ4v) is 2.42. The zero-order chi connectivity index (χ0) is 13.7. The van der Waals surface area contributed by atoms with Crippen LogP contribution in [0.2, 0.25) is 0 Å². The van der Waals surface area contributed by atoms with Crippen LogP contribution in [-0.2, 0) is 11.3 Å². The maximum absolute atomic E-state index is 11.2. The van der Waals surface area contributed by atoms with Gasteiger partial charge in [0.05, 0.1) is 6.54 Å². The first-order valence-corrected chi connectivity index (χ1v) is 6.67. The van der Waals surface area contributed by atoms with Crippen molar-refractivity contribution < 1.29 is 4.79 Å². The minimum absolute atomic E-state index is 0.118. The molecule has 5 nitrogen and oxygen atoms in total. The highest BCUT2D eigenvalue weighted by Crippen LogP contribution is 2.10. The average Bonchev–Trinajstić information content (AvgIpc) is 2.41. The number of hydrogen-bond acceptors (Lipinski definition) is 4. The molecule has 1 aromatic rings. The number of piperazine rings is 1. The number of nitrogens with zero attached hydrogens (tertiary/aromatic N) is 2. The number of aryl methyl sites for hydroxylation is 1. The fourth-order valence-electron chi connectivity index (χ4n) is 2.42. The second kappa shape index (κ2) is 6.65. The summed E-state index contributed by atoms with van der Waals surface area (Å²) < 4.78 is 0. The Bertz CT molecular complexity index is 427. The van der Waals surface area contributed by atoms with Crippen molar-refractivity contribution in [1.29, 1.82) is 0 Å². The molecule has 1 heterocycles. The molecule has 1 saturated heterocycles. The Morgan fingerprint density at radius 1 is 1.26 bits per heavy atom. The van der Waals surface area contributed by atoms with E-state index in [9.17, 15) is 4.79 Å². The van der Waals surface area contributed by atoms with Gasteiger partial charge in [0.1, 0.15) is 0 Å². The Labute approximate surface area is 114 Å². The molecule has 0 bridgehead atoms. The van der Waals surface area contributed by atoms with E-state index in [0.29, 0.717) is 6.54 Å². The molecule has 2 rings (SSSR count). The lowest BCUT2D eigenvalue weighted by atomic mass is 10.1. The van der Waals surface area contributed by atoms with E-state index in [-0.39, 0.29) is 5.91 Å². The van der Waals surface area contributed by atoms with Crippen LogP contribution in [0.3, 0.4) is 0 Å². The van der Waals surface area contributed by atoms with E-state index >= 15 is 0 Å². The first kappa shape index (κ1) is 14.0. The Balaban J connectivity index is 1.79. The summed E-state index contributed by atoms with van der Waals surface area (Å²) in [5.41, 5.74) is 4.83. The zero-order valence-electron chi connectivity index (χ0n) is 11.4. The summed E-state index contributed by atoms with van der Waals surface area (Å²) >= 11 is 0. The van der Waals surface area contributed by atoms with Crippen LogP contribution in [0.1, 0.15) is 11.1 Å². The fraction of sp³-hybridized carbons (Fsp3) is 0.500. The van der Waals surface area contributed by atoms with Gasteiger partial charge in [0.15, 0.2) is 0 Å². The molecule has 0 spiro atoms. The van der Waals surface area contributed by atoms with Gasteiger partial charge in [-0.2, -0.15) is 0 Å². The van der Waals surface area contributed by atoms with Crippen molar-refractivity contribution in [1.82, 2.24) is 15.2 Å². The summed E-state index contributed by atoms with van der Waals surface area (Å²) in [4.78, 5) is 15.8. The number of hydrogen-bond donors (Lipinski definition) is 2. The van der Waals surface area contributed by atoms with Gasteiger partial charge in [-0.25, -0.2) is 5.84 Å². The number of carbonyl (C=O) groups excluding carboxylic acids is 1. The number of benzene rings is 1. The van der Waals surface area contributed by atoms with E-state index in [0.717, 1.165) is 32.7 Å². The first-order chi connectivity index (χ1) is 9.17. The van der Waals surface area contributed by atoms with E-state index < -0.39 is 0 Å². The van der Waals surface area contributed by atoms with E-state index in [2.05, 4.69) is 46.4 Å². The number of amides is 1. The Hall–Kier alpha value is -1.43. The number of nitrogens with one attached hydrogen (secondary N) is 1. The smallest absolute Gasteiger partial charge is 0.248 e. The van der Waals surface area contributed by atoms with E-state index in [1.165, 1.54) is 11.1 Å². The maximum Gasteiger partial charge on any atom is 0.248 e. The first-order valence-electron chi connectivity index (χ1n) is 6.67. The third kappa shape index (κ3) is 4.31.